The maximum atomic E-state index is 10.4. The van der Waals surface area contributed by atoms with Crippen molar-refractivity contribution in [2.45, 2.75) is 59.8 Å². The molecular weight excluding hydrogens is 410 g/mol. The van der Waals surface area contributed by atoms with E-state index in [1.807, 2.05) is 55.4 Å². The van der Waals surface area contributed by atoms with Crippen molar-refractivity contribution in [3.05, 3.63) is 35.0 Å². The first-order valence-electron chi connectivity index (χ1n) is 10.9. The summed E-state index contributed by atoms with van der Waals surface area (Å²) in [5.41, 5.74) is 1.02. The Kier molecular flexibility index (Phi) is 12.3. The summed E-state index contributed by atoms with van der Waals surface area (Å²) in [6, 6.07) is 10.2. The monoisotopic (exact) mass is 449 g/mol. The highest BCUT2D eigenvalue weighted by Gasteiger charge is 2.15. The number of pyridine rings is 1. The minimum atomic E-state index is -0.107. The molecule has 168 valence electrons. The van der Waals surface area contributed by atoms with Crippen LogP contribution in [0.4, 0.5) is 0 Å². The Morgan fingerprint density at radius 3 is 2.53 bits per heavy atom. The van der Waals surface area contributed by atoms with E-state index in [1.165, 1.54) is 18.6 Å². The van der Waals surface area contributed by atoms with Gasteiger partial charge in [0.25, 0.3) is 0 Å². The van der Waals surface area contributed by atoms with Gasteiger partial charge >= 0.3 is 0 Å². The summed E-state index contributed by atoms with van der Waals surface area (Å²) >= 11 is 7.29. The lowest BCUT2D eigenvalue weighted by atomic mass is 9.87. The molecule has 1 aromatic heterocycles. The number of hydrogen-bond donors (Lipinski definition) is 0. The zero-order valence-corrected chi connectivity index (χ0v) is 21.2. The first kappa shape index (κ1) is 26.7. The van der Waals surface area contributed by atoms with Crippen LogP contribution in [0.1, 0.15) is 59.8 Å². The van der Waals surface area contributed by atoms with Crippen LogP contribution in [0.5, 0.6) is 5.75 Å². The Bertz CT molecular complexity index is 827. The van der Waals surface area contributed by atoms with Crippen LogP contribution in [0.2, 0.25) is 0 Å². The van der Waals surface area contributed by atoms with Crippen LogP contribution in [-0.4, -0.2) is 29.5 Å². The number of aryl methyl sites for hydroxylation is 1. The van der Waals surface area contributed by atoms with E-state index < -0.39 is 0 Å². The van der Waals surface area contributed by atoms with Crippen molar-refractivity contribution in [3.63, 3.8) is 0 Å². The van der Waals surface area contributed by atoms with E-state index in [2.05, 4.69) is 32.2 Å². The minimum Gasteiger partial charge on any atom is -0.493 e. The van der Waals surface area contributed by atoms with E-state index in [0.29, 0.717) is 5.92 Å². The molecule has 0 saturated heterocycles. The number of nitrogens with zero attached hydrogens (tertiary/aromatic N) is 1. The fourth-order valence-electron chi connectivity index (χ4n) is 2.93. The molecule has 5 heteroatoms. The molecular formula is C25H39NO2S2. The molecule has 1 aromatic carbocycles. The summed E-state index contributed by atoms with van der Waals surface area (Å²) in [7, 11) is 2.00. The van der Waals surface area contributed by atoms with Crippen LogP contribution in [0.3, 0.4) is 0 Å². The quantitative estimate of drug-likeness (QED) is 0.202. The van der Waals surface area contributed by atoms with Gasteiger partial charge in [-0.1, -0.05) is 58.5 Å². The second kappa shape index (κ2) is 13.9. The number of benzene rings is 1. The molecule has 2 aromatic rings. The van der Waals surface area contributed by atoms with Crippen LogP contribution < -0.4 is 4.74 Å². The molecule has 0 aliphatic carbocycles. The van der Waals surface area contributed by atoms with Crippen molar-refractivity contribution in [1.29, 1.82) is 0 Å². The Balaban J connectivity index is 0.000000382. The number of unbranched alkanes of at least 4 members (excludes halogenated alkanes) is 2. The zero-order valence-electron chi connectivity index (χ0n) is 19.6. The summed E-state index contributed by atoms with van der Waals surface area (Å²) in [6.07, 6.45) is 8.94. The third-order valence-electron chi connectivity index (χ3n) is 5.05. The number of carbonyl (C=O) groups excluding carboxylic acids is 1. The van der Waals surface area contributed by atoms with Crippen molar-refractivity contribution < 1.29 is 9.53 Å². The topological polar surface area (TPSA) is 31.2 Å². The second-order valence-electron chi connectivity index (χ2n) is 8.86. The predicted molar refractivity (Wildman–Crippen MR) is 135 cm³/mol. The van der Waals surface area contributed by atoms with Gasteiger partial charge in [0.15, 0.2) is 0 Å². The second-order valence-corrected chi connectivity index (χ2v) is 10.3. The molecule has 0 spiro atoms. The Morgan fingerprint density at radius 1 is 1.20 bits per heavy atom. The summed E-state index contributed by atoms with van der Waals surface area (Å²) in [6.45, 7) is 9.10. The normalized spacial score (nSPS) is 11.3. The fraction of sp³-hybridized carbons (Fsp3) is 0.600. The standard InChI is InChI=1S/C16H21NOS2.C9H18O/c1-17-14-9-5-4-8-13(14)15(12-16(17)19)18-10-6-3-7-11-20-2;1-8(2)5-6-9(3,4)7-10/h4-5,8-9,12H,3,6-7,10-11H2,1-2H3;7-8H,5-6H2,1-4H3. The Hall–Kier alpha value is -1.33. The fourth-order valence-corrected chi connectivity index (χ4v) is 3.62. The van der Waals surface area contributed by atoms with E-state index in [1.54, 1.807) is 0 Å². The zero-order chi connectivity index (χ0) is 22.6. The van der Waals surface area contributed by atoms with E-state index >= 15 is 0 Å². The summed E-state index contributed by atoms with van der Waals surface area (Å²) in [4.78, 5) is 10.4. The maximum absolute atomic E-state index is 10.4. The van der Waals surface area contributed by atoms with Crippen LogP contribution >= 0.6 is 24.0 Å². The van der Waals surface area contributed by atoms with E-state index in [9.17, 15) is 4.79 Å². The number of fused-ring (bicyclic) bond motifs is 1. The minimum absolute atomic E-state index is 0.107. The smallest absolute Gasteiger partial charge is 0.131 e. The highest BCUT2D eigenvalue weighted by Crippen LogP contribution is 2.26. The molecule has 3 nitrogen and oxygen atoms in total. The van der Waals surface area contributed by atoms with Gasteiger partial charge in [-0.2, -0.15) is 11.8 Å². The SMILES string of the molecule is CC(C)CCC(C)(C)C=O.CSCCCCCOc1cc(=S)n(C)c2ccccc12. The highest BCUT2D eigenvalue weighted by molar-refractivity contribution is 7.98. The molecule has 0 radical (unpaired) electrons. The van der Waals surface area contributed by atoms with Gasteiger partial charge < -0.3 is 14.1 Å². The van der Waals surface area contributed by atoms with Crippen LogP contribution in [0.15, 0.2) is 30.3 Å². The van der Waals surface area contributed by atoms with E-state index in [-0.39, 0.29) is 5.41 Å². The Morgan fingerprint density at radius 2 is 1.90 bits per heavy atom. The van der Waals surface area contributed by atoms with Crippen LogP contribution in [0, 0.1) is 16.0 Å². The lowest BCUT2D eigenvalue weighted by molar-refractivity contribution is -0.115. The average Bonchev–Trinajstić information content (AvgIpc) is 2.73. The van der Waals surface area contributed by atoms with Gasteiger partial charge in [-0.25, -0.2) is 0 Å². The maximum Gasteiger partial charge on any atom is 0.131 e. The van der Waals surface area contributed by atoms with Gasteiger partial charge in [0, 0.05) is 23.9 Å². The highest BCUT2D eigenvalue weighted by atomic mass is 32.2. The summed E-state index contributed by atoms with van der Waals surface area (Å²) in [5.74, 6) is 2.85. The summed E-state index contributed by atoms with van der Waals surface area (Å²) < 4.78 is 8.78. The molecule has 2 rings (SSSR count). The van der Waals surface area contributed by atoms with Crippen LogP contribution in [0.25, 0.3) is 10.9 Å². The number of para-hydroxylation sites is 1. The molecule has 0 fully saturated rings. The number of ether oxygens (including phenoxy) is 1. The van der Waals surface area contributed by atoms with Crippen molar-refractivity contribution in [2.75, 3.05) is 18.6 Å². The number of rotatable bonds is 11. The number of hydrogen-bond acceptors (Lipinski definition) is 4. The van der Waals surface area contributed by atoms with Crippen LogP contribution in [-0.2, 0) is 11.8 Å². The first-order chi connectivity index (χ1) is 14.2. The third kappa shape index (κ3) is 9.65. The third-order valence-corrected chi connectivity index (χ3v) is 6.14. The van der Waals surface area contributed by atoms with Crippen molar-refractivity contribution in [1.82, 2.24) is 4.57 Å². The number of aldehydes is 1. The number of aromatic nitrogens is 1. The Labute approximate surface area is 192 Å². The van der Waals surface area contributed by atoms with Gasteiger partial charge in [-0.05, 0) is 55.7 Å². The number of carbonyl (C=O) groups is 1. The molecule has 0 amide bonds. The largest absolute Gasteiger partial charge is 0.493 e. The van der Waals surface area contributed by atoms with E-state index in [0.717, 1.165) is 53.4 Å². The molecule has 0 atom stereocenters. The molecule has 30 heavy (non-hydrogen) atoms. The van der Waals surface area contributed by atoms with Gasteiger partial charge in [0.2, 0.25) is 0 Å². The molecule has 0 N–H and O–H groups in total. The van der Waals surface area contributed by atoms with Gasteiger partial charge in [0.1, 0.15) is 16.7 Å². The number of thioether (sulfide) groups is 1. The van der Waals surface area contributed by atoms with Gasteiger partial charge in [-0.15, -0.1) is 0 Å². The molecule has 0 saturated carbocycles. The average molecular weight is 450 g/mol. The van der Waals surface area contributed by atoms with Crippen molar-refractivity contribution in [2.24, 2.45) is 18.4 Å². The van der Waals surface area contributed by atoms with Gasteiger partial charge in [-0.3, -0.25) is 0 Å². The molecule has 0 unspecified atom stereocenters. The van der Waals surface area contributed by atoms with E-state index in [4.69, 9.17) is 17.0 Å². The van der Waals surface area contributed by atoms with Crippen molar-refractivity contribution >= 4 is 41.2 Å². The molecule has 0 bridgehead atoms. The lowest BCUT2D eigenvalue weighted by Gasteiger charge is -2.17. The summed E-state index contributed by atoms with van der Waals surface area (Å²) in [5, 5.41) is 1.13. The van der Waals surface area contributed by atoms with Gasteiger partial charge in [0.05, 0.1) is 12.1 Å². The molecule has 1 heterocycles. The molecule has 0 aliphatic heterocycles. The first-order valence-corrected chi connectivity index (χ1v) is 12.7. The van der Waals surface area contributed by atoms with Crippen molar-refractivity contribution in [3.8, 4) is 5.75 Å². The predicted octanol–water partition coefficient (Wildman–Crippen LogP) is 7.47. The molecule has 0 aliphatic rings. The lowest BCUT2D eigenvalue weighted by Crippen LogP contribution is -2.13.